The Morgan fingerprint density at radius 3 is 3.25 bits per heavy atom. The maximum Gasteiger partial charge on any atom is 0.0738 e. The number of hydrogen-bond donors (Lipinski definition) is 0. The fraction of sp³-hybridized carbons (Fsp3) is 0.562. The lowest BCUT2D eigenvalue weighted by molar-refractivity contribution is 0.131. The number of fused-ring (bicyclic) bond motifs is 1. The van der Waals surface area contributed by atoms with Gasteiger partial charge in [0.15, 0.2) is 0 Å². The molecule has 108 valence electrons. The Balaban J connectivity index is 1.70. The van der Waals surface area contributed by atoms with Crippen LogP contribution in [0.5, 0.6) is 0 Å². The van der Waals surface area contributed by atoms with Crippen LogP contribution in [0.2, 0.25) is 0 Å². The lowest BCUT2D eigenvalue weighted by Gasteiger charge is -2.33. The smallest absolute Gasteiger partial charge is 0.0738 e. The summed E-state index contributed by atoms with van der Waals surface area (Å²) in [5.74, 6) is 0. The zero-order valence-corrected chi connectivity index (χ0v) is 11.9. The van der Waals surface area contributed by atoms with E-state index >= 15 is 0 Å². The van der Waals surface area contributed by atoms with Crippen molar-refractivity contribution in [3.63, 3.8) is 0 Å². The van der Waals surface area contributed by atoms with E-state index in [9.17, 15) is 0 Å². The van der Waals surface area contributed by atoms with Gasteiger partial charge >= 0.3 is 0 Å². The molecular formula is C16H22N2O2. The molecule has 3 rings (SSSR count). The number of hydrogen-bond acceptors (Lipinski definition) is 4. The van der Waals surface area contributed by atoms with E-state index < -0.39 is 0 Å². The van der Waals surface area contributed by atoms with Gasteiger partial charge in [-0.1, -0.05) is 6.08 Å². The minimum Gasteiger partial charge on any atom is -0.380 e. The Morgan fingerprint density at radius 1 is 1.50 bits per heavy atom. The van der Waals surface area contributed by atoms with Gasteiger partial charge in [-0.3, -0.25) is 9.88 Å². The molecule has 0 unspecified atom stereocenters. The van der Waals surface area contributed by atoms with Crippen molar-refractivity contribution >= 4 is 0 Å². The molecule has 1 aromatic heterocycles. The predicted molar refractivity (Wildman–Crippen MR) is 77.4 cm³/mol. The Labute approximate surface area is 120 Å². The van der Waals surface area contributed by atoms with Gasteiger partial charge in [-0.25, -0.2) is 0 Å². The van der Waals surface area contributed by atoms with Crippen LogP contribution >= 0.6 is 0 Å². The monoisotopic (exact) mass is 274 g/mol. The lowest BCUT2D eigenvalue weighted by atomic mass is 9.96. The molecule has 0 spiro atoms. The van der Waals surface area contributed by atoms with Gasteiger partial charge in [0.2, 0.25) is 0 Å². The molecule has 3 heterocycles. The third-order valence-corrected chi connectivity index (χ3v) is 4.17. The quantitative estimate of drug-likeness (QED) is 0.607. The summed E-state index contributed by atoms with van der Waals surface area (Å²) in [5.41, 5.74) is 4.01. The van der Waals surface area contributed by atoms with Gasteiger partial charge in [0.25, 0.3) is 0 Å². The second-order valence-corrected chi connectivity index (χ2v) is 5.48. The first-order valence-corrected chi connectivity index (χ1v) is 7.33. The number of nitrogens with zero attached hydrogens (tertiary/aromatic N) is 2. The van der Waals surface area contributed by atoms with Crippen LogP contribution in [0.15, 0.2) is 25.0 Å². The van der Waals surface area contributed by atoms with Crippen LogP contribution in [0.25, 0.3) is 0 Å². The van der Waals surface area contributed by atoms with Crippen molar-refractivity contribution in [2.45, 2.75) is 32.0 Å². The van der Waals surface area contributed by atoms with Crippen molar-refractivity contribution in [3.8, 4) is 0 Å². The molecule has 0 aliphatic carbocycles. The number of ether oxygens (including phenoxy) is 2. The van der Waals surface area contributed by atoms with Gasteiger partial charge in [0.05, 0.1) is 19.8 Å². The summed E-state index contributed by atoms with van der Waals surface area (Å²) in [7, 11) is 0. The van der Waals surface area contributed by atoms with Crippen molar-refractivity contribution < 1.29 is 9.47 Å². The summed E-state index contributed by atoms with van der Waals surface area (Å²) >= 11 is 0. The maximum absolute atomic E-state index is 5.57. The van der Waals surface area contributed by atoms with Gasteiger partial charge in [0.1, 0.15) is 0 Å². The molecule has 0 N–H and O–H groups in total. The van der Waals surface area contributed by atoms with Crippen LogP contribution in [0.1, 0.15) is 23.1 Å². The van der Waals surface area contributed by atoms with E-state index in [1.165, 1.54) is 16.7 Å². The molecule has 20 heavy (non-hydrogen) atoms. The molecule has 0 saturated carbocycles. The van der Waals surface area contributed by atoms with Crippen LogP contribution in [-0.2, 0) is 29.0 Å². The van der Waals surface area contributed by atoms with Gasteiger partial charge in [-0.2, -0.15) is 0 Å². The first-order chi connectivity index (χ1) is 9.88. The van der Waals surface area contributed by atoms with Crippen LogP contribution in [0, 0.1) is 0 Å². The van der Waals surface area contributed by atoms with Gasteiger partial charge in [-0.15, -0.1) is 6.58 Å². The minimum absolute atomic E-state index is 0.587. The molecule has 1 fully saturated rings. The summed E-state index contributed by atoms with van der Waals surface area (Å²) in [5, 5.41) is 0. The number of pyridine rings is 1. The molecular weight excluding hydrogens is 252 g/mol. The molecule has 0 aromatic carbocycles. The molecule has 2 aliphatic heterocycles. The predicted octanol–water partition coefficient (Wildman–Crippen LogP) is 1.93. The topological polar surface area (TPSA) is 34.6 Å². The normalized spacial score (nSPS) is 22.7. The molecule has 1 atom stereocenters. The van der Waals surface area contributed by atoms with Crippen molar-refractivity contribution in [3.05, 3.63) is 41.7 Å². The largest absolute Gasteiger partial charge is 0.380 e. The van der Waals surface area contributed by atoms with Gasteiger partial charge < -0.3 is 9.47 Å². The van der Waals surface area contributed by atoms with E-state index in [0.29, 0.717) is 19.3 Å². The Kier molecular flexibility index (Phi) is 4.45. The average molecular weight is 274 g/mol. The fourth-order valence-corrected chi connectivity index (χ4v) is 3.09. The van der Waals surface area contributed by atoms with Crippen molar-refractivity contribution in [1.29, 1.82) is 0 Å². The molecule has 1 saturated heterocycles. The number of rotatable bonds is 5. The van der Waals surface area contributed by atoms with Crippen LogP contribution in [-0.4, -0.2) is 42.3 Å². The van der Waals surface area contributed by atoms with Crippen molar-refractivity contribution in [2.24, 2.45) is 0 Å². The van der Waals surface area contributed by atoms with Crippen molar-refractivity contribution in [2.75, 3.05) is 26.4 Å². The molecule has 0 bridgehead atoms. The highest BCUT2D eigenvalue weighted by atomic mass is 16.5. The lowest BCUT2D eigenvalue weighted by Crippen LogP contribution is -2.40. The van der Waals surface area contributed by atoms with E-state index in [-0.39, 0.29) is 0 Å². The standard InChI is InChI=1S/C16H22N2O2/c1-2-6-19-11-14-9-17-8-13-10-18(5-3-16(13)14)15-4-7-20-12-15/h2,8-9,15H,1,3-7,10-12H2/t15-/m0/s1. The summed E-state index contributed by atoms with van der Waals surface area (Å²) in [4.78, 5) is 6.91. The second-order valence-electron chi connectivity index (χ2n) is 5.48. The third kappa shape index (κ3) is 2.92. The SMILES string of the molecule is C=CCOCc1cncc2c1CCN([C@H]1CCOC1)C2. The summed E-state index contributed by atoms with van der Waals surface area (Å²) < 4.78 is 11.1. The Bertz CT molecular complexity index is 470. The Morgan fingerprint density at radius 2 is 2.45 bits per heavy atom. The van der Waals surface area contributed by atoms with Gasteiger partial charge in [-0.05, 0) is 29.5 Å². The fourth-order valence-electron chi connectivity index (χ4n) is 3.09. The summed E-state index contributed by atoms with van der Waals surface area (Å²) in [6, 6.07) is 0.587. The van der Waals surface area contributed by atoms with Crippen LogP contribution in [0.4, 0.5) is 0 Å². The second kappa shape index (κ2) is 6.48. The van der Waals surface area contributed by atoms with E-state index in [0.717, 1.165) is 39.1 Å². The third-order valence-electron chi connectivity index (χ3n) is 4.17. The highest BCUT2D eigenvalue weighted by Crippen LogP contribution is 2.25. The van der Waals surface area contributed by atoms with Crippen molar-refractivity contribution in [1.82, 2.24) is 9.88 Å². The molecule has 4 heteroatoms. The minimum atomic E-state index is 0.587. The summed E-state index contributed by atoms with van der Waals surface area (Å²) in [6.45, 7) is 8.79. The van der Waals surface area contributed by atoms with Crippen LogP contribution < -0.4 is 0 Å². The van der Waals surface area contributed by atoms with E-state index in [4.69, 9.17) is 9.47 Å². The zero-order valence-electron chi connectivity index (χ0n) is 11.9. The highest BCUT2D eigenvalue weighted by Gasteiger charge is 2.27. The highest BCUT2D eigenvalue weighted by molar-refractivity contribution is 5.33. The van der Waals surface area contributed by atoms with E-state index in [2.05, 4.69) is 16.5 Å². The van der Waals surface area contributed by atoms with Crippen LogP contribution in [0.3, 0.4) is 0 Å². The maximum atomic E-state index is 5.57. The van der Waals surface area contributed by atoms with Gasteiger partial charge in [0, 0.05) is 38.1 Å². The zero-order chi connectivity index (χ0) is 13.8. The molecule has 0 amide bonds. The average Bonchev–Trinajstić information content (AvgIpc) is 3.01. The van der Waals surface area contributed by atoms with E-state index in [1.54, 1.807) is 6.08 Å². The summed E-state index contributed by atoms with van der Waals surface area (Å²) in [6.07, 6.45) is 7.97. The molecule has 1 aromatic rings. The first kappa shape index (κ1) is 13.7. The Hall–Kier alpha value is -1.23. The number of aromatic nitrogens is 1. The first-order valence-electron chi connectivity index (χ1n) is 7.33. The molecule has 4 nitrogen and oxygen atoms in total. The van der Waals surface area contributed by atoms with E-state index in [1.807, 2.05) is 12.4 Å². The molecule has 2 aliphatic rings. The molecule has 0 radical (unpaired) electrons.